The first-order valence-electron chi connectivity index (χ1n) is 11.3. The van der Waals surface area contributed by atoms with E-state index < -0.39 is 0 Å². The van der Waals surface area contributed by atoms with Crippen molar-refractivity contribution in [2.45, 2.75) is 26.9 Å². The van der Waals surface area contributed by atoms with Gasteiger partial charge in [-0.25, -0.2) is 4.68 Å². The van der Waals surface area contributed by atoms with Crippen molar-refractivity contribution in [3.63, 3.8) is 0 Å². The van der Waals surface area contributed by atoms with Gasteiger partial charge in [0.05, 0.1) is 17.9 Å². The van der Waals surface area contributed by atoms with Crippen LogP contribution in [0.4, 0.5) is 0 Å². The molecule has 2 heterocycles. The number of hydrogen-bond donors (Lipinski definition) is 0. The third kappa shape index (κ3) is 4.67. The molecule has 0 fully saturated rings. The van der Waals surface area contributed by atoms with Gasteiger partial charge in [-0.05, 0) is 50.2 Å². The molecule has 34 heavy (non-hydrogen) atoms. The van der Waals surface area contributed by atoms with Gasteiger partial charge >= 0.3 is 0 Å². The highest BCUT2D eigenvalue weighted by Gasteiger charge is 2.17. The number of hydrogen-bond acceptors (Lipinski definition) is 5. The molecule has 0 aliphatic rings. The summed E-state index contributed by atoms with van der Waals surface area (Å²) in [5, 5.41) is 13.5. The second-order valence-electron chi connectivity index (χ2n) is 8.64. The minimum absolute atomic E-state index is 0.539. The molecule has 0 amide bonds. The summed E-state index contributed by atoms with van der Waals surface area (Å²) < 4.78 is 7.91. The van der Waals surface area contributed by atoms with E-state index in [2.05, 4.69) is 72.5 Å². The molecule has 2 aromatic heterocycles. The summed E-state index contributed by atoms with van der Waals surface area (Å²) in [7, 11) is 2.05. The molecule has 0 bridgehead atoms. The van der Waals surface area contributed by atoms with Crippen LogP contribution in [0.2, 0.25) is 0 Å². The number of aromatic nitrogens is 4. The van der Waals surface area contributed by atoms with E-state index in [-0.39, 0.29) is 0 Å². The van der Waals surface area contributed by atoms with Crippen molar-refractivity contribution in [2.24, 2.45) is 0 Å². The molecule has 6 heteroatoms. The first-order valence-corrected chi connectivity index (χ1v) is 11.3. The predicted molar refractivity (Wildman–Crippen MR) is 133 cm³/mol. The largest absolute Gasteiger partial charge is 0.419 e. The number of rotatable bonds is 7. The standard InChI is InChI=1S/C28H27N5O/c1-20-14-15-21(2)25(16-20)33-18-24(27(31-33)22-10-6-4-7-11-22)17-32(3)19-26-29-30-28(34-26)23-12-8-5-9-13-23/h4-16,18H,17,19H2,1-3H3. The van der Waals surface area contributed by atoms with Crippen molar-refractivity contribution in [1.29, 1.82) is 0 Å². The lowest BCUT2D eigenvalue weighted by atomic mass is 10.1. The number of nitrogens with zero attached hydrogens (tertiary/aromatic N) is 5. The molecule has 0 atom stereocenters. The fourth-order valence-corrected chi connectivity index (χ4v) is 4.05. The van der Waals surface area contributed by atoms with Crippen LogP contribution in [0.15, 0.2) is 89.5 Å². The lowest BCUT2D eigenvalue weighted by Gasteiger charge is -2.14. The van der Waals surface area contributed by atoms with E-state index in [4.69, 9.17) is 9.52 Å². The molecule has 0 unspecified atom stereocenters. The van der Waals surface area contributed by atoms with Gasteiger partial charge in [0, 0.05) is 29.4 Å². The maximum atomic E-state index is 5.91. The van der Waals surface area contributed by atoms with Gasteiger partial charge in [-0.15, -0.1) is 10.2 Å². The first-order chi connectivity index (χ1) is 16.6. The van der Waals surface area contributed by atoms with Crippen LogP contribution in [0, 0.1) is 13.8 Å². The molecule has 0 spiro atoms. The van der Waals surface area contributed by atoms with Gasteiger partial charge < -0.3 is 4.42 Å². The molecule has 0 N–H and O–H groups in total. The van der Waals surface area contributed by atoms with E-state index >= 15 is 0 Å². The predicted octanol–water partition coefficient (Wildman–Crippen LogP) is 5.84. The molecule has 5 aromatic rings. The molecule has 0 saturated heterocycles. The Morgan fingerprint density at radius 3 is 2.26 bits per heavy atom. The average Bonchev–Trinajstić information content (AvgIpc) is 3.49. The van der Waals surface area contributed by atoms with Crippen LogP contribution >= 0.6 is 0 Å². The van der Waals surface area contributed by atoms with Crippen molar-refractivity contribution in [2.75, 3.05) is 7.05 Å². The van der Waals surface area contributed by atoms with Gasteiger partial charge in [0.25, 0.3) is 0 Å². The first kappa shape index (κ1) is 21.8. The van der Waals surface area contributed by atoms with Gasteiger partial charge in [0.15, 0.2) is 0 Å². The summed E-state index contributed by atoms with van der Waals surface area (Å²) in [5.41, 5.74) is 7.62. The summed E-state index contributed by atoms with van der Waals surface area (Å²) in [6.07, 6.45) is 2.13. The van der Waals surface area contributed by atoms with Gasteiger partial charge in [-0.3, -0.25) is 4.90 Å². The maximum Gasteiger partial charge on any atom is 0.247 e. The van der Waals surface area contributed by atoms with Crippen LogP contribution < -0.4 is 0 Å². The summed E-state index contributed by atoms with van der Waals surface area (Å²) in [6, 6.07) is 26.6. The van der Waals surface area contributed by atoms with Gasteiger partial charge in [-0.1, -0.05) is 60.7 Å². The van der Waals surface area contributed by atoms with Crippen molar-refractivity contribution >= 4 is 0 Å². The van der Waals surface area contributed by atoms with E-state index in [0.717, 1.165) is 28.1 Å². The van der Waals surface area contributed by atoms with Crippen LogP contribution in [-0.2, 0) is 13.1 Å². The molecule has 170 valence electrons. The molecule has 0 aliphatic heterocycles. The molecular formula is C28H27N5O. The zero-order chi connectivity index (χ0) is 23.5. The maximum absolute atomic E-state index is 5.91. The highest BCUT2D eigenvalue weighted by Crippen LogP contribution is 2.26. The minimum atomic E-state index is 0.539. The normalized spacial score (nSPS) is 11.3. The smallest absolute Gasteiger partial charge is 0.247 e. The Kier molecular flexibility index (Phi) is 6.06. The monoisotopic (exact) mass is 449 g/mol. The summed E-state index contributed by atoms with van der Waals surface area (Å²) >= 11 is 0. The lowest BCUT2D eigenvalue weighted by molar-refractivity contribution is 0.283. The Hall–Kier alpha value is -4.03. The van der Waals surface area contributed by atoms with E-state index in [1.54, 1.807) is 0 Å². The third-order valence-corrected chi connectivity index (χ3v) is 5.78. The zero-order valence-electron chi connectivity index (χ0n) is 19.6. The fraction of sp³-hybridized carbons (Fsp3) is 0.179. The fourth-order valence-electron chi connectivity index (χ4n) is 4.05. The Bertz CT molecular complexity index is 1390. The average molecular weight is 450 g/mol. The molecule has 3 aromatic carbocycles. The number of benzene rings is 3. The van der Waals surface area contributed by atoms with Crippen LogP contribution in [0.3, 0.4) is 0 Å². The van der Waals surface area contributed by atoms with E-state index in [0.29, 0.717) is 24.9 Å². The van der Waals surface area contributed by atoms with E-state index in [9.17, 15) is 0 Å². The van der Waals surface area contributed by atoms with Gasteiger partial charge in [0.1, 0.15) is 0 Å². The molecular weight excluding hydrogens is 422 g/mol. The Morgan fingerprint density at radius 1 is 0.824 bits per heavy atom. The molecule has 0 radical (unpaired) electrons. The Labute approximate surface area is 199 Å². The van der Waals surface area contributed by atoms with E-state index in [1.807, 2.05) is 53.2 Å². The van der Waals surface area contributed by atoms with Crippen LogP contribution in [-0.4, -0.2) is 31.9 Å². The summed E-state index contributed by atoms with van der Waals surface area (Å²) in [6.45, 7) is 5.46. The Balaban J connectivity index is 1.42. The summed E-state index contributed by atoms with van der Waals surface area (Å²) in [5.74, 6) is 1.13. The SMILES string of the molecule is Cc1ccc(C)c(-n2cc(CN(C)Cc3nnc(-c4ccccc4)o3)c(-c3ccccc3)n2)c1. The van der Waals surface area contributed by atoms with Crippen LogP contribution in [0.25, 0.3) is 28.4 Å². The highest BCUT2D eigenvalue weighted by atomic mass is 16.4. The van der Waals surface area contributed by atoms with Crippen molar-refractivity contribution < 1.29 is 4.42 Å². The second kappa shape index (κ2) is 9.45. The quantitative estimate of drug-likeness (QED) is 0.312. The van der Waals surface area contributed by atoms with Gasteiger partial charge in [0.2, 0.25) is 11.8 Å². The molecule has 0 saturated carbocycles. The van der Waals surface area contributed by atoms with Gasteiger partial charge in [-0.2, -0.15) is 5.10 Å². The summed E-state index contributed by atoms with van der Waals surface area (Å²) in [4.78, 5) is 2.17. The molecule has 0 aliphatic carbocycles. The molecule has 6 nitrogen and oxygen atoms in total. The van der Waals surface area contributed by atoms with Crippen LogP contribution in [0.5, 0.6) is 0 Å². The van der Waals surface area contributed by atoms with Crippen LogP contribution in [0.1, 0.15) is 22.6 Å². The zero-order valence-corrected chi connectivity index (χ0v) is 19.6. The highest BCUT2D eigenvalue weighted by molar-refractivity contribution is 5.63. The van der Waals surface area contributed by atoms with Crippen molar-refractivity contribution in [3.05, 3.63) is 108 Å². The Morgan fingerprint density at radius 2 is 1.53 bits per heavy atom. The van der Waals surface area contributed by atoms with Crippen molar-refractivity contribution in [1.82, 2.24) is 24.9 Å². The molecule has 5 rings (SSSR count). The van der Waals surface area contributed by atoms with E-state index in [1.165, 1.54) is 11.1 Å². The minimum Gasteiger partial charge on any atom is -0.419 e. The van der Waals surface area contributed by atoms with Crippen molar-refractivity contribution in [3.8, 4) is 28.4 Å². The number of aryl methyl sites for hydroxylation is 2. The topological polar surface area (TPSA) is 60.0 Å². The second-order valence-corrected chi connectivity index (χ2v) is 8.64. The lowest BCUT2D eigenvalue weighted by Crippen LogP contribution is -2.17. The third-order valence-electron chi connectivity index (χ3n) is 5.78.